The SMILES string of the molecule is COc1ccc(C(OC[C@H]2O[C@@H](n3cnc4c(=O)[nH]cnc43)C(OC)[C@H]2OP(OCCC#N)N(C(C)C)C(C)C)(c2ccccc2)c2ccc(OC)cc2)cc1. The molecule has 15 heteroatoms. The third kappa shape index (κ3) is 8.36. The summed E-state index contributed by atoms with van der Waals surface area (Å²) < 4.78 is 48.8. The van der Waals surface area contributed by atoms with Crippen molar-refractivity contribution in [2.24, 2.45) is 0 Å². The van der Waals surface area contributed by atoms with E-state index in [1.807, 2.05) is 78.9 Å². The van der Waals surface area contributed by atoms with E-state index in [4.69, 9.17) is 32.7 Å². The third-order valence-corrected chi connectivity index (χ3v) is 11.8. The van der Waals surface area contributed by atoms with Crippen LogP contribution in [-0.4, -0.2) is 89.1 Å². The Balaban J connectivity index is 1.48. The van der Waals surface area contributed by atoms with Crippen LogP contribution in [0.2, 0.25) is 0 Å². The molecule has 0 spiro atoms. The molecule has 2 unspecified atom stereocenters. The minimum Gasteiger partial charge on any atom is -0.497 e. The van der Waals surface area contributed by atoms with Crippen LogP contribution in [0.25, 0.3) is 11.2 Å². The van der Waals surface area contributed by atoms with Gasteiger partial charge in [0, 0.05) is 19.2 Å². The molecule has 296 valence electrons. The number of nitrogens with zero attached hydrogens (tertiary/aromatic N) is 5. The first-order valence-electron chi connectivity index (χ1n) is 18.5. The van der Waals surface area contributed by atoms with Crippen LogP contribution in [0.3, 0.4) is 0 Å². The number of benzene rings is 3. The summed E-state index contributed by atoms with van der Waals surface area (Å²) in [6, 6.07) is 27.8. The van der Waals surface area contributed by atoms with Crippen LogP contribution in [0.4, 0.5) is 0 Å². The highest BCUT2D eigenvalue weighted by Gasteiger charge is 2.51. The molecule has 0 aliphatic carbocycles. The van der Waals surface area contributed by atoms with Crippen molar-refractivity contribution in [3.8, 4) is 17.6 Å². The lowest BCUT2D eigenvalue weighted by Crippen LogP contribution is -2.42. The summed E-state index contributed by atoms with van der Waals surface area (Å²) in [5.41, 5.74) is 1.54. The molecule has 0 bridgehead atoms. The van der Waals surface area contributed by atoms with Gasteiger partial charge in [0.15, 0.2) is 17.4 Å². The van der Waals surface area contributed by atoms with Gasteiger partial charge in [0.1, 0.15) is 35.4 Å². The zero-order valence-electron chi connectivity index (χ0n) is 32.7. The molecule has 5 aromatic rings. The van der Waals surface area contributed by atoms with E-state index >= 15 is 0 Å². The zero-order valence-corrected chi connectivity index (χ0v) is 33.6. The highest BCUT2D eigenvalue weighted by molar-refractivity contribution is 7.44. The summed E-state index contributed by atoms with van der Waals surface area (Å²) in [4.78, 5) is 24.1. The lowest BCUT2D eigenvalue weighted by atomic mass is 9.80. The highest BCUT2D eigenvalue weighted by Crippen LogP contribution is 2.51. The number of hydrogen-bond donors (Lipinski definition) is 1. The van der Waals surface area contributed by atoms with Crippen LogP contribution < -0.4 is 15.0 Å². The molecule has 6 rings (SSSR count). The molecule has 14 nitrogen and oxygen atoms in total. The predicted octanol–water partition coefficient (Wildman–Crippen LogP) is 6.72. The van der Waals surface area contributed by atoms with E-state index in [2.05, 4.69) is 53.4 Å². The second kappa shape index (κ2) is 18.5. The molecule has 0 saturated carbocycles. The van der Waals surface area contributed by atoms with Crippen LogP contribution in [-0.2, 0) is 28.9 Å². The number of imidazole rings is 1. The van der Waals surface area contributed by atoms with E-state index in [-0.39, 0.29) is 42.8 Å². The fourth-order valence-corrected chi connectivity index (χ4v) is 8.94. The number of aromatic nitrogens is 4. The van der Waals surface area contributed by atoms with Crippen molar-refractivity contribution in [3.63, 3.8) is 0 Å². The molecule has 2 aromatic heterocycles. The summed E-state index contributed by atoms with van der Waals surface area (Å²) in [7, 11) is 3.11. The van der Waals surface area contributed by atoms with Gasteiger partial charge in [0.25, 0.3) is 14.1 Å². The molecule has 3 aromatic carbocycles. The van der Waals surface area contributed by atoms with Crippen molar-refractivity contribution in [1.82, 2.24) is 24.2 Å². The number of aromatic amines is 1. The monoisotopic (exact) mass is 784 g/mol. The molecule has 1 saturated heterocycles. The van der Waals surface area contributed by atoms with E-state index < -0.39 is 38.7 Å². The van der Waals surface area contributed by atoms with Crippen LogP contribution in [0.1, 0.15) is 57.0 Å². The molecule has 1 fully saturated rings. The molecular formula is C41H49N6O8P. The van der Waals surface area contributed by atoms with E-state index in [1.54, 1.807) is 25.9 Å². The average Bonchev–Trinajstić information content (AvgIpc) is 3.80. The summed E-state index contributed by atoms with van der Waals surface area (Å²) in [5.74, 6) is 1.40. The summed E-state index contributed by atoms with van der Waals surface area (Å²) in [5, 5.41) is 9.39. The summed E-state index contributed by atoms with van der Waals surface area (Å²) in [6.45, 7) is 8.50. The van der Waals surface area contributed by atoms with Gasteiger partial charge in [0.05, 0.1) is 52.6 Å². The fraction of sp³-hybridized carbons (Fsp3) is 0.415. The molecular weight excluding hydrogens is 735 g/mol. The number of rotatable bonds is 18. The number of nitrogens with one attached hydrogen (secondary N) is 1. The number of ether oxygens (including phenoxy) is 5. The van der Waals surface area contributed by atoms with E-state index in [1.165, 1.54) is 12.7 Å². The second-order valence-corrected chi connectivity index (χ2v) is 15.2. The zero-order chi connectivity index (χ0) is 39.8. The van der Waals surface area contributed by atoms with Crippen LogP contribution in [0, 0.1) is 11.3 Å². The first kappa shape index (κ1) is 40.9. The van der Waals surface area contributed by atoms with Crippen LogP contribution >= 0.6 is 8.53 Å². The number of fused-ring (bicyclic) bond motifs is 1. The molecule has 1 aliphatic heterocycles. The maximum Gasteiger partial charge on any atom is 0.278 e. The summed E-state index contributed by atoms with van der Waals surface area (Å²) >= 11 is 0. The van der Waals surface area contributed by atoms with Crippen molar-refractivity contribution < 1.29 is 32.7 Å². The standard InChI is InChI=1S/C41H49N6O8P/c1-27(2)47(28(3)4)56(53-23-11-22-42)55-36-34(54-40(37(36)51-7)46-26-45-35-38(46)43-25-44-39(35)48)24-52-41(29-12-9-8-10-13-29,30-14-18-32(49-5)19-15-30)31-16-20-33(50-6)21-17-31/h8-10,12-21,25-28,34,36-37,40H,11,23-24H2,1-7H3,(H,43,44,48)/t34-,36+,37?,40-,56?/m1/s1. The van der Waals surface area contributed by atoms with Gasteiger partial charge in [-0.1, -0.05) is 54.6 Å². The van der Waals surface area contributed by atoms with E-state index in [0.717, 1.165) is 16.7 Å². The predicted molar refractivity (Wildman–Crippen MR) is 211 cm³/mol. The largest absolute Gasteiger partial charge is 0.497 e. The van der Waals surface area contributed by atoms with Crippen LogP contribution in [0.5, 0.6) is 11.5 Å². The number of hydrogen-bond acceptors (Lipinski definition) is 12. The Morgan fingerprint density at radius 1 is 0.893 bits per heavy atom. The van der Waals surface area contributed by atoms with Gasteiger partial charge < -0.3 is 37.7 Å². The highest BCUT2D eigenvalue weighted by atomic mass is 31.2. The lowest BCUT2D eigenvalue weighted by molar-refractivity contribution is -0.0938. The number of methoxy groups -OCH3 is 3. The Kier molecular flexibility index (Phi) is 13.5. The first-order chi connectivity index (χ1) is 27.2. The first-order valence-corrected chi connectivity index (χ1v) is 19.6. The molecule has 3 heterocycles. The van der Waals surface area contributed by atoms with Gasteiger partial charge in [-0.3, -0.25) is 9.36 Å². The van der Waals surface area contributed by atoms with Gasteiger partial charge in [-0.15, -0.1) is 0 Å². The van der Waals surface area contributed by atoms with Crippen molar-refractivity contribution in [3.05, 3.63) is 119 Å². The summed E-state index contributed by atoms with van der Waals surface area (Å²) in [6.07, 6.45) is -0.0338. The number of H-pyrrole nitrogens is 1. The molecule has 0 radical (unpaired) electrons. The van der Waals surface area contributed by atoms with Crippen molar-refractivity contribution in [2.75, 3.05) is 34.5 Å². The smallest absolute Gasteiger partial charge is 0.278 e. The average molecular weight is 785 g/mol. The maximum atomic E-state index is 12.7. The Morgan fingerprint density at radius 2 is 1.50 bits per heavy atom. The van der Waals surface area contributed by atoms with Crippen molar-refractivity contribution in [1.29, 1.82) is 5.26 Å². The molecule has 0 amide bonds. The normalized spacial score (nSPS) is 19.2. The number of nitriles is 1. The van der Waals surface area contributed by atoms with Gasteiger partial charge in [-0.2, -0.15) is 5.26 Å². The maximum absolute atomic E-state index is 12.7. The van der Waals surface area contributed by atoms with E-state index in [9.17, 15) is 10.1 Å². The van der Waals surface area contributed by atoms with Gasteiger partial charge in [-0.05, 0) is 68.7 Å². The Hall–Kier alpha value is -4.71. The van der Waals surface area contributed by atoms with E-state index in [0.29, 0.717) is 17.1 Å². The molecule has 56 heavy (non-hydrogen) atoms. The fourth-order valence-electron chi connectivity index (χ4n) is 7.17. The lowest BCUT2D eigenvalue weighted by Gasteiger charge is -2.39. The Morgan fingerprint density at radius 3 is 2.05 bits per heavy atom. The van der Waals surface area contributed by atoms with Gasteiger partial charge in [-0.25, -0.2) is 14.6 Å². The minimum absolute atomic E-state index is 0.0132. The van der Waals surface area contributed by atoms with Crippen LogP contribution in [0.15, 0.2) is 96.3 Å². The van der Waals surface area contributed by atoms with Crippen molar-refractivity contribution in [2.45, 2.75) is 76.3 Å². The third-order valence-electron chi connectivity index (χ3n) is 9.71. The Bertz CT molecular complexity index is 2050. The molecule has 5 atom stereocenters. The van der Waals surface area contributed by atoms with Gasteiger partial charge >= 0.3 is 0 Å². The Labute approximate surface area is 328 Å². The second-order valence-electron chi connectivity index (χ2n) is 13.8. The molecule has 1 N–H and O–H groups in total. The molecule has 1 aliphatic rings. The topological polar surface area (TPSA) is 155 Å². The van der Waals surface area contributed by atoms with Gasteiger partial charge in [0.2, 0.25) is 0 Å². The minimum atomic E-state index is -1.74. The quantitative estimate of drug-likeness (QED) is 0.0570. The van der Waals surface area contributed by atoms with Crippen molar-refractivity contribution >= 4 is 19.7 Å².